The zero-order valence-electron chi connectivity index (χ0n) is 15.7. The summed E-state index contributed by atoms with van der Waals surface area (Å²) in [6.07, 6.45) is 0. The molecule has 1 heterocycles. The Morgan fingerprint density at radius 2 is 1.81 bits per heavy atom. The van der Waals surface area contributed by atoms with Crippen molar-refractivity contribution in [3.8, 4) is 0 Å². The van der Waals surface area contributed by atoms with Crippen molar-refractivity contribution in [1.82, 2.24) is 19.4 Å². The first kappa shape index (κ1) is 20.5. The molecule has 0 bridgehead atoms. The van der Waals surface area contributed by atoms with E-state index in [-0.39, 0.29) is 10.8 Å². The Bertz CT molecular complexity index is 889. The predicted octanol–water partition coefficient (Wildman–Crippen LogP) is 2.46. The fraction of sp³-hybridized carbons (Fsp3) is 0.471. The summed E-state index contributed by atoms with van der Waals surface area (Å²) in [5, 5.41) is 9.55. The van der Waals surface area contributed by atoms with Crippen LogP contribution in [-0.4, -0.2) is 53.9 Å². The summed E-state index contributed by atoms with van der Waals surface area (Å²) < 4.78 is 26.8. The number of sulfonamides is 1. The van der Waals surface area contributed by atoms with E-state index in [9.17, 15) is 13.2 Å². The third kappa shape index (κ3) is 4.28. The molecular formula is C17H24N4O3S2. The Labute approximate surface area is 158 Å². The second-order valence-electron chi connectivity index (χ2n) is 5.94. The molecule has 1 aromatic heterocycles. The van der Waals surface area contributed by atoms with Crippen molar-refractivity contribution in [2.45, 2.75) is 39.1 Å². The Kier molecular flexibility index (Phi) is 6.48. The van der Waals surface area contributed by atoms with Crippen molar-refractivity contribution in [2.75, 3.05) is 20.1 Å². The quantitative estimate of drug-likeness (QED) is 0.718. The minimum Gasteiger partial charge on any atom is -0.335 e. The van der Waals surface area contributed by atoms with Gasteiger partial charge in [-0.2, -0.15) is 4.31 Å². The second-order valence-corrected chi connectivity index (χ2v) is 9.15. The molecule has 7 nitrogen and oxygen atoms in total. The van der Waals surface area contributed by atoms with Crippen LogP contribution >= 0.6 is 11.3 Å². The summed E-state index contributed by atoms with van der Waals surface area (Å²) in [6.45, 7) is 8.33. The van der Waals surface area contributed by atoms with Gasteiger partial charge in [0, 0.05) is 25.7 Å². The van der Waals surface area contributed by atoms with Crippen molar-refractivity contribution < 1.29 is 13.2 Å². The molecule has 0 fully saturated rings. The molecule has 0 spiro atoms. The third-order valence-electron chi connectivity index (χ3n) is 4.07. The molecule has 26 heavy (non-hydrogen) atoms. The van der Waals surface area contributed by atoms with E-state index in [4.69, 9.17) is 0 Å². The SMILES string of the molecule is CCN(CC)S(=O)(=O)c1ccc(C)c(C(=O)N(C)Cc2nnc(C)s2)c1. The van der Waals surface area contributed by atoms with Gasteiger partial charge in [-0.25, -0.2) is 8.42 Å². The molecule has 142 valence electrons. The summed E-state index contributed by atoms with van der Waals surface area (Å²) in [5.41, 5.74) is 1.11. The highest BCUT2D eigenvalue weighted by Gasteiger charge is 2.24. The second kappa shape index (κ2) is 8.24. The molecule has 2 aromatic rings. The summed E-state index contributed by atoms with van der Waals surface area (Å²) in [6, 6.07) is 4.69. The van der Waals surface area contributed by atoms with Gasteiger partial charge in [0.25, 0.3) is 5.91 Å². The van der Waals surface area contributed by atoms with E-state index in [2.05, 4.69) is 10.2 Å². The molecule has 2 rings (SSSR count). The molecule has 0 N–H and O–H groups in total. The Morgan fingerprint density at radius 3 is 2.35 bits per heavy atom. The Balaban J connectivity index is 2.32. The van der Waals surface area contributed by atoms with Gasteiger partial charge in [-0.15, -0.1) is 10.2 Å². The first-order valence-corrected chi connectivity index (χ1v) is 10.6. The van der Waals surface area contributed by atoms with Crippen molar-refractivity contribution >= 4 is 27.3 Å². The molecule has 0 saturated heterocycles. The van der Waals surface area contributed by atoms with Crippen LogP contribution in [0.3, 0.4) is 0 Å². The highest BCUT2D eigenvalue weighted by molar-refractivity contribution is 7.89. The van der Waals surface area contributed by atoms with Gasteiger partial charge in [0.1, 0.15) is 10.0 Å². The van der Waals surface area contributed by atoms with Crippen molar-refractivity contribution in [2.24, 2.45) is 0 Å². The molecule has 0 aliphatic rings. The van der Waals surface area contributed by atoms with Crippen LogP contribution in [0.25, 0.3) is 0 Å². The van der Waals surface area contributed by atoms with Crippen molar-refractivity contribution in [1.29, 1.82) is 0 Å². The van der Waals surface area contributed by atoms with Crippen molar-refractivity contribution in [3.63, 3.8) is 0 Å². The van der Waals surface area contributed by atoms with Crippen LogP contribution in [0.15, 0.2) is 23.1 Å². The standard InChI is InChI=1S/C17H24N4O3S2/c1-6-21(7-2)26(23,24)14-9-8-12(3)15(10-14)17(22)20(5)11-16-19-18-13(4)25-16/h8-10H,6-7,11H2,1-5H3. The lowest BCUT2D eigenvalue weighted by molar-refractivity contribution is 0.0784. The Hall–Kier alpha value is -1.84. The molecule has 0 aliphatic heterocycles. The number of rotatable bonds is 7. The predicted molar refractivity (Wildman–Crippen MR) is 102 cm³/mol. The maximum Gasteiger partial charge on any atom is 0.254 e. The normalized spacial score (nSPS) is 11.8. The zero-order valence-corrected chi connectivity index (χ0v) is 17.3. The van der Waals surface area contributed by atoms with Crippen LogP contribution in [-0.2, 0) is 16.6 Å². The lowest BCUT2D eigenvalue weighted by Crippen LogP contribution is -2.31. The van der Waals surface area contributed by atoms with Gasteiger partial charge in [-0.05, 0) is 31.5 Å². The summed E-state index contributed by atoms with van der Waals surface area (Å²) in [5.74, 6) is -0.244. The highest BCUT2D eigenvalue weighted by atomic mass is 32.2. The van der Waals surface area contributed by atoms with E-state index in [1.807, 2.05) is 6.92 Å². The van der Waals surface area contributed by atoms with E-state index in [1.54, 1.807) is 40.0 Å². The largest absolute Gasteiger partial charge is 0.335 e. The van der Waals surface area contributed by atoms with Crippen LogP contribution in [0.1, 0.15) is 39.8 Å². The van der Waals surface area contributed by atoms with Gasteiger partial charge in [0.05, 0.1) is 11.4 Å². The number of benzene rings is 1. The van der Waals surface area contributed by atoms with E-state index in [0.29, 0.717) is 25.2 Å². The van der Waals surface area contributed by atoms with Crippen LogP contribution in [0.5, 0.6) is 0 Å². The summed E-state index contributed by atoms with van der Waals surface area (Å²) >= 11 is 1.43. The number of amides is 1. The minimum absolute atomic E-state index is 0.135. The molecule has 0 atom stereocenters. The number of hydrogen-bond acceptors (Lipinski definition) is 6. The van der Waals surface area contributed by atoms with Gasteiger partial charge >= 0.3 is 0 Å². The summed E-state index contributed by atoms with van der Waals surface area (Å²) in [7, 11) is -1.94. The first-order chi connectivity index (χ1) is 12.2. The molecule has 0 unspecified atom stereocenters. The molecule has 0 aliphatic carbocycles. The fourth-order valence-corrected chi connectivity index (χ4v) is 4.83. The van der Waals surface area contributed by atoms with Crippen molar-refractivity contribution in [3.05, 3.63) is 39.3 Å². The van der Waals surface area contributed by atoms with E-state index >= 15 is 0 Å². The lowest BCUT2D eigenvalue weighted by Gasteiger charge is -2.20. The molecular weight excluding hydrogens is 372 g/mol. The monoisotopic (exact) mass is 396 g/mol. The zero-order chi connectivity index (χ0) is 19.5. The van der Waals surface area contributed by atoms with E-state index < -0.39 is 10.0 Å². The average molecular weight is 397 g/mol. The van der Waals surface area contributed by atoms with Crippen LogP contribution in [0.4, 0.5) is 0 Å². The minimum atomic E-state index is -3.61. The average Bonchev–Trinajstić information content (AvgIpc) is 3.00. The molecule has 1 amide bonds. The molecule has 0 saturated carbocycles. The number of carbonyl (C=O) groups excluding carboxylic acids is 1. The number of aryl methyl sites for hydroxylation is 2. The van der Waals surface area contributed by atoms with Gasteiger partial charge in [-0.3, -0.25) is 4.79 Å². The smallest absolute Gasteiger partial charge is 0.254 e. The number of carbonyl (C=O) groups is 1. The van der Waals surface area contributed by atoms with Gasteiger partial charge < -0.3 is 4.90 Å². The Morgan fingerprint density at radius 1 is 1.15 bits per heavy atom. The highest BCUT2D eigenvalue weighted by Crippen LogP contribution is 2.21. The number of hydrogen-bond donors (Lipinski definition) is 0. The van der Waals surface area contributed by atoms with E-state index in [1.165, 1.54) is 26.6 Å². The van der Waals surface area contributed by atoms with Gasteiger partial charge in [0.2, 0.25) is 10.0 Å². The van der Waals surface area contributed by atoms with Crippen LogP contribution in [0.2, 0.25) is 0 Å². The maximum absolute atomic E-state index is 12.8. The van der Waals surface area contributed by atoms with Crippen LogP contribution < -0.4 is 0 Å². The number of nitrogens with zero attached hydrogens (tertiary/aromatic N) is 4. The molecule has 9 heteroatoms. The van der Waals surface area contributed by atoms with Gasteiger partial charge in [-0.1, -0.05) is 31.3 Å². The number of aromatic nitrogens is 2. The van der Waals surface area contributed by atoms with Crippen LogP contribution in [0, 0.1) is 13.8 Å². The molecule has 1 aromatic carbocycles. The lowest BCUT2D eigenvalue weighted by atomic mass is 10.1. The van der Waals surface area contributed by atoms with E-state index in [0.717, 1.165) is 15.6 Å². The molecule has 0 radical (unpaired) electrons. The fourth-order valence-electron chi connectivity index (χ4n) is 2.59. The topological polar surface area (TPSA) is 83.5 Å². The third-order valence-corrected chi connectivity index (χ3v) is 6.94. The summed E-state index contributed by atoms with van der Waals surface area (Å²) in [4.78, 5) is 14.5. The van der Waals surface area contributed by atoms with Gasteiger partial charge in [0.15, 0.2) is 0 Å². The maximum atomic E-state index is 12.8. The first-order valence-electron chi connectivity index (χ1n) is 8.35.